The van der Waals surface area contributed by atoms with Crippen molar-refractivity contribution in [3.63, 3.8) is 0 Å². The van der Waals surface area contributed by atoms with Crippen LogP contribution in [0.15, 0.2) is 0 Å². The van der Waals surface area contributed by atoms with Gasteiger partial charge in [0.05, 0.1) is 17.8 Å². The molecule has 0 bridgehead atoms. The van der Waals surface area contributed by atoms with Crippen molar-refractivity contribution in [1.29, 1.82) is 0 Å². The Bertz CT molecular complexity index is 248. The zero-order chi connectivity index (χ0) is 13.7. The number of phosphoric acid groups is 1. The average molecular weight is 267 g/mol. The summed E-state index contributed by atoms with van der Waals surface area (Å²) in [5.41, 5.74) is 4.17. The Morgan fingerprint density at radius 3 is 1.71 bits per heavy atom. The second-order valence-corrected chi connectivity index (χ2v) is 7.35. The third kappa shape index (κ3) is 9.74. The highest BCUT2D eigenvalue weighted by Crippen LogP contribution is 2.55. The van der Waals surface area contributed by atoms with Crippen LogP contribution >= 0.6 is 7.82 Å². The van der Waals surface area contributed by atoms with Gasteiger partial charge in [0.1, 0.15) is 0 Å². The fourth-order valence-electron chi connectivity index (χ4n) is 1.00. The number of hydrogen-bond acceptors (Lipinski definition) is 5. The molecule has 17 heavy (non-hydrogen) atoms. The normalized spacial score (nSPS) is 14.1. The fourth-order valence-corrected chi connectivity index (χ4v) is 2.84. The summed E-state index contributed by atoms with van der Waals surface area (Å²) in [6, 6.07) is 0. The van der Waals surface area contributed by atoms with Gasteiger partial charge in [0.15, 0.2) is 0 Å². The summed E-state index contributed by atoms with van der Waals surface area (Å²) in [6.07, 6.45) is 0.616. The van der Waals surface area contributed by atoms with Crippen LogP contribution in [-0.4, -0.2) is 24.4 Å². The van der Waals surface area contributed by atoms with Gasteiger partial charge in [-0.05, 0) is 54.5 Å². The number of phosphoric ester groups is 1. The van der Waals surface area contributed by atoms with Crippen molar-refractivity contribution < 1.29 is 18.1 Å². The largest absolute Gasteiger partial charge is 0.475 e. The molecule has 5 nitrogen and oxygen atoms in total. The molecule has 104 valence electrons. The topological polar surface area (TPSA) is 70.8 Å². The van der Waals surface area contributed by atoms with Crippen LogP contribution < -0.4 is 5.73 Å². The Morgan fingerprint density at radius 1 is 1.00 bits per heavy atom. The highest BCUT2D eigenvalue weighted by atomic mass is 31.2. The van der Waals surface area contributed by atoms with Crippen LogP contribution in [0.5, 0.6) is 0 Å². The maximum atomic E-state index is 12.4. The maximum Gasteiger partial charge on any atom is 0.475 e. The first-order chi connectivity index (χ1) is 7.47. The highest BCUT2D eigenvalue weighted by molar-refractivity contribution is 7.48. The lowest BCUT2D eigenvalue weighted by atomic mass is 10.2. The first-order valence-electron chi connectivity index (χ1n) is 5.84. The van der Waals surface area contributed by atoms with E-state index in [-0.39, 0.29) is 6.61 Å². The second kappa shape index (κ2) is 6.30. The van der Waals surface area contributed by atoms with Crippen molar-refractivity contribution in [2.75, 3.05) is 13.2 Å². The van der Waals surface area contributed by atoms with Crippen molar-refractivity contribution in [1.82, 2.24) is 0 Å². The molecule has 0 rings (SSSR count). The van der Waals surface area contributed by atoms with E-state index in [9.17, 15) is 4.57 Å². The number of nitrogens with two attached hydrogens (primary N) is 1. The van der Waals surface area contributed by atoms with Crippen LogP contribution in [0.1, 0.15) is 48.0 Å². The quantitative estimate of drug-likeness (QED) is 0.591. The summed E-state index contributed by atoms with van der Waals surface area (Å²) in [6.45, 7) is 11.6. The van der Waals surface area contributed by atoms with Crippen LogP contribution in [0.3, 0.4) is 0 Å². The van der Waals surface area contributed by atoms with Crippen LogP contribution in [0.2, 0.25) is 0 Å². The molecule has 0 aromatic heterocycles. The van der Waals surface area contributed by atoms with Crippen LogP contribution in [-0.2, 0) is 18.1 Å². The molecule has 0 aromatic rings. The summed E-state index contributed by atoms with van der Waals surface area (Å²) < 4.78 is 28.5. The molecule has 0 saturated carbocycles. The Morgan fingerprint density at radius 2 is 1.41 bits per heavy atom. The van der Waals surface area contributed by atoms with Gasteiger partial charge in [0.25, 0.3) is 0 Å². The van der Waals surface area contributed by atoms with Crippen molar-refractivity contribution >= 4 is 7.82 Å². The van der Waals surface area contributed by atoms with E-state index in [1.54, 1.807) is 41.5 Å². The molecule has 6 heteroatoms. The molecule has 0 spiro atoms. The van der Waals surface area contributed by atoms with E-state index in [2.05, 4.69) is 0 Å². The van der Waals surface area contributed by atoms with Crippen molar-refractivity contribution in [2.45, 2.75) is 59.2 Å². The monoisotopic (exact) mass is 267 g/mol. The first kappa shape index (κ1) is 17.1. The van der Waals surface area contributed by atoms with Gasteiger partial charge in [-0.15, -0.1) is 0 Å². The van der Waals surface area contributed by atoms with E-state index in [0.717, 1.165) is 0 Å². The zero-order valence-corrected chi connectivity index (χ0v) is 12.7. The maximum absolute atomic E-state index is 12.4. The third-order valence-corrected chi connectivity index (χ3v) is 3.41. The van der Waals surface area contributed by atoms with E-state index in [0.29, 0.717) is 13.0 Å². The highest BCUT2D eigenvalue weighted by Gasteiger charge is 2.36. The van der Waals surface area contributed by atoms with Gasteiger partial charge in [-0.2, -0.15) is 0 Å². The lowest BCUT2D eigenvalue weighted by Gasteiger charge is -2.30. The Kier molecular flexibility index (Phi) is 6.33. The zero-order valence-electron chi connectivity index (χ0n) is 11.8. The first-order valence-corrected chi connectivity index (χ1v) is 7.30. The van der Waals surface area contributed by atoms with E-state index in [4.69, 9.17) is 19.3 Å². The minimum atomic E-state index is -3.55. The van der Waals surface area contributed by atoms with Gasteiger partial charge >= 0.3 is 7.82 Å². The van der Waals surface area contributed by atoms with Gasteiger partial charge in [-0.3, -0.25) is 13.6 Å². The van der Waals surface area contributed by atoms with Crippen LogP contribution in [0, 0.1) is 0 Å². The smallest absolute Gasteiger partial charge is 0.330 e. The lowest BCUT2D eigenvalue weighted by molar-refractivity contribution is 0.00334. The van der Waals surface area contributed by atoms with Crippen molar-refractivity contribution in [3.05, 3.63) is 0 Å². The van der Waals surface area contributed by atoms with Crippen LogP contribution in [0.25, 0.3) is 0 Å². The molecule has 0 atom stereocenters. The molecule has 0 heterocycles. The fraction of sp³-hybridized carbons (Fsp3) is 1.00. The molecule has 0 fully saturated rings. The molecule has 0 aliphatic heterocycles. The van der Waals surface area contributed by atoms with E-state index >= 15 is 0 Å². The summed E-state index contributed by atoms with van der Waals surface area (Å²) >= 11 is 0. The summed E-state index contributed by atoms with van der Waals surface area (Å²) in [4.78, 5) is 0. The van der Waals surface area contributed by atoms with Gasteiger partial charge < -0.3 is 5.73 Å². The Balaban J connectivity index is 4.64. The molecule has 0 amide bonds. The Labute approximate surface area is 105 Å². The molecular formula is C11H26NO4P. The number of rotatable bonds is 6. The summed E-state index contributed by atoms with van der Waals surface area (Å²) in [5.74, 6) is 0. The third-order valence-electron chi connectivity index (χ3n) is 1.37. The lowest BCUT2D eigenvalue weighted by Crippen LogP contribution is -2.25. The minimum absolute atomic E-state index is 0.264. The number of hydrogen-bond donors (Lipinski definition) is 1. The SMILES string of the molecule is CC(C)(C)OP(=O)(OCCCN)OC(C)(C)C. The van der Waals surface area contributed by atoms with Crippen molar-refractivity contribution in [2.24, 2.45) is 5.73 Å². The molecule has 0 saturated heterocycles. The van der Waals surface area contributed by atoms with Gasteiger partial charge in [-0.25, -0.2) is 4.57 Å². The molecule has 2 N–H and O–H groups in total. The standard InChI is InChI=1S/C11H26NO4P/c1-10(2,3)15-17(13,14-9-7-8-12)16-11(4,5)6/h7-9,12H2,1-6H3. The summed E-state index contributed by atoms with van der Waals surface area (Å²) in [5, 5.41) is 0. The van der Waals surface area contributed by atoms with E-state index in [1.807, 2.05) is 0 Å². The van der Waals surface area contributed by atoms with Crippen molar-refractivity contribution in [3.8, 4) is 0 Å². The summed E-state index contributed by atoms with van der Waals surface area (Å²) in [7, 11) is -3.55. The molecular weight excluding hydrogens is 241 g/mol. The predicted octanol–water partition coefficient (Wildman–Crippen LogP) is 3.09. The van der Waals surface area contributed by atoms with E-state index in [1.165, 1.54) is 0 Å². The minimum Gasteiger partial charge on any atom is -0.330 e. The van der Waals surface area contributed by atoms with E-state index < -0.39 is 19.0 Å². The Hall–Kier alpha value is 0.0700. The molecule has 0 aromatic carbocycles. The van der Waals surface area contributed by atoms with Gasteiger partial charge in [0.2, 0.25) is 0 Å². The molecule has 0 radical (unpaired) electrons. The second-order valence-electron chi connectivity index (χ2n) is 5.83. The van der Waals surface area contributed by atoms with Gasteiger partial charge in [0, 0.05) is 0 Å². The molecule has 0 aliphatic rings. The molecule has 0 aliphatic carbocycles. The average Bonchev–Trinajstić information content (AvgIpc) is 1.96. The van der Waals surface area contributed by atoms with Gasteiger partial charge in [-0.1, -0.05) is 0 Å². The molecule has 0 unspecified atom stereocenters. The predicted molar refractivity (Wildman–Crippen MR) is 68.9 cm³/mol. The van der Waals surface area contributed by atoms with Crippen LogP contribution in [0.4, 0.5) is 0 Å².